The second-order valence-corrected chi connectivity index (χ2v) is 7.17. The number of benzene rings is 2. The van der Waals surface area contributed by atoms with Gasteiger partial charge in [-0.15, -0.1) is 0 Å². The van der Waals surface area contributed by atoms with E-state index in [1.54, 1.807) is 24.1 Å². The van der Waals surface area contributed by atoms with Gasteiger partial charge in [0.1, 0.15) is 5.75 Å². The Bertz CT molecular complexity index is 921. The summed E-state index contributed by atoms with van der Waals surface area (Å²) in [4.78, 5) is 40.6. The zero-order valence-electron chi connectivity index (χ0n) is 17.1. The molecular weight excluding hydrogens is 368 g/mol. The molecule has 29 heavy (non-hydrogen) atoms. The first-order valence-corrected chi connectivity index (χ1v) is 9.82. The minimum absolute atomic E-state index is 0.00997. The van der Waals surface area contributed by atoms with Crippen LogP contribution in [-0.2, 0) is 11.3 Å². The molecule has 0 saturated carbocycles. The Balaban J connectivity index is 1.54. The first-order chi connectivity index (χ1) is 13.9. The van der Waals surface area contributed by atoms with Crippen molar-refractivity contribution < 1.29 is 19.1 Å². The molecule has 1 aliphatic heterocycles. The summed E-state index contributed by atoms with van der Waals surface area (Å²) in [7, 11) is 1.62. The number of fused-ring (bicyclic) bond motifs is 1. The lowest BCUT2D eigenvalue weighted by atomic mass is 10.1. The van der Waals surface area contributed by atoms with Crippen molar-refractivity contribution in [2.45, 2.75) is 33.2 Å². The largest absolute Gasteiger partial charge is 0.497 e. The average molecular weight is 394 g/mol. The van der Waals surface area contributed by atoms with Crippen LogP contribution in [0.3, 0.4) is 0 Å². The maximum absolute atomic E-state index is 12.6. The van der Waals surface area contributed by atoms with E-state index in [-0.39, 0.29) is 30.7 Å². The van der Waals surface area contributed by atoms with Gasteiger partial charge in [-0.3, -0.25) is 19.3 Å². The van der Waals surface area contributed by atoms with Gasteiger partial charge in [0.15, 0.2) is 0 Å². The van der Waals surface area contributed by atoms with E-state index in [0.29, 0.717) is 30.6 Å². The zero-order valence-corrected chi connectivity index (χ0v) is 17.1. The summed E-state index contributed by atoms with van der Waals surface area (Å²) in [6.07, 6.45) is 0.735. The van der Waals surface area contributed by atoms with Gasteiger partial charge in [-0.1, -0.05) is 23.8 Å². The van der Waals surface area contributed by atoms with Crippen LogP contribution >= 0.6 is 0 Å². The van der Waals surface area contributed by atoms with Crippen LogP contribution < -0.4 is 4.74 Å². The van der Waals surface area contributed by atoms with Gasteiger partial charge in [0.25, 0.3) is 11.8 Å². The van der Waals surface area contributed by atoms with E-state index >= 15 is 0 Å². The molecule has 1 aliphatic rings. The van der Waals surface area contributed by atoms with E-state index < -0.39 is 0 Å². The molecule has 0 fully saturated rings. The number of imide groups is 1. The van der Waals surface area contributed by atoms with Gasteiger partial charge in [-0.05, 0) is 50.1 Å². The first-order valence-electron chi connectivity index (χ1n) is 9.82. The molecule has 0 bridgehead atoms. The lowest BCUT2D eigenvalue weighted by molar-refractivity contribution is -0.131. The normalized spacial score (nSPS) is 12.9. The van der Waals surface area contributed by atoms with Crippen molar-refractivity contribution >= 4 is 17.7 Å². The van der Waals surface area contributed by atoms with Crippen LogP contribution in [0.15, 0.2) is 42.5 Å². The monoisotopic (exact) mass is 394 g/mol. The third-order valence-corrected chi connectivity index (χ3v) is 5.17. The molecule has 0 spiro atoms. The number of carbonyl (C=O) groups is 3. The predicted molar refractivity (Wildman–Crippen MR) is 110 cm³/mol. The lowest BCUT2D eigenvalue weighted by Crippen LogP contribution is -2.33. The Morgan fingerprint density at radius 2 is 1.72 bits per heavy atom. The molecule has 3 rings (SSSR count). The quantitative estimate of drug-likeness (QED) is 0.644. The predicted octanol–water partition coefficient (Wildman–Crippen LogP) is 3.43. The number of ether oxygens (including phenoxy) is 1. The summed E-state index contributed by atoms with van der Waals surface area (Å²) in [5, 5.41) is 0. The Morgan fingerprint density at radius 1 is 1.03 bits per heavy atom. The Labute approximate surface area is 171 Å². The average Bonchev–Trinajstić information content (AvgIpc) is 2.96. The molecule has 0 aliphatic carbocycles. The van der Waals surface area contributed by atoms with E-state index in [0.717, 1.165) is 16.9 Å². The highest BCUT2D eigenvalue weighted by Crippen LogP contribution is 2.24. The van der Waals surface area contributed by atoms with Gasteiger partial charge in [-0.25, -0.2) is 0 Å². The number of aryl methyl sites for hydroxylation is 1. The fraction of sp³-hybridized carbons (Fsp3) is 0.348. The summed E-state index contributed by atoms with van der Waals surface area (Å²) >= 11 is 0. The van der Waals surface area contributed by atoms with Crippen LogP contribution in [-0.4, -0.2) is 47.7 Å². The highest BCUT2D eigenvalue weighted by Gasteiger charge is 2.35. The van der Waals surface area contributed by atoms with E-state index in [9.17, 15) is 14.4 Å². The summed E-state index contributed by atoms with van der Waals surface area (Å²) < 4.78 is 5.16. The summed E-state index contributed by atoms with van der Waals surface area (Å²) in [5.41, 5.74) is 2.87. The van der Waals surface area contributed by atoms with Crippen molar-refractivity contribution in [2.24, 2.45) is 0 Å². The minimum Gasteiger partial charge on any atom is -0.497 e. The van der Waals surface area contributed by atoms with E-state index in [2.05, 4.69) is 0 Å². The lowest BCUT2D eigenvalue weighted by Gasteiger charge is -2.22. The second-order valence-electron chi connectivity index (χ2n) is 7.17. The van der Waals surface area contributed by atoms with Gasteiger partial charge in [0, 0.05) is 26.1 Å². The molecule has 0 radical (unpaired) electrons. The van der Waals surface area contributed by atoms with Crippen molar-refractivity contribution in [1.82, 2.24) is 9.80 Å². The number of amides is 3. The molecule has 0 aromatic heterocycles. The smallest absolute Gasteiger partial charge is 0.261 e. The molecule has 3 amide bonds. The highest BCUT2D eigenvalue weighted by molar-refractivity contribution is 6.21. The highest BCUT2D eigenvalue weighted by atomic mass is 16.5. The molecule has 2 aromatic rings. The molecule has 6 nitrogen and oxygen atoms in total. The van der Waals surface area contributed by atoms with Crippen LogP contribution in [0.4, 0.5) is 0 Å². The maximum Gasteiger partial charge on any atom is 0.261 e. The van der Waals surface area contributed by atoms with Crippen molar-refractivity contribution in [3.05, 3.63) is 64.7 Å². The molecule has 2 aromatic carbocycles. The summed E-state index contributed by atoms with van der Waals surface area (Å²) in [6.45, 7) is 5.19. The number of rotatable bonds is 8. The van der Waals surface area contributed by atoms with Crippen LogP contribution in [0.5, 0.6) is 5.75 Å². The molecule has 1 heterocycles. The Morgan fingerprint density at radius 3 is 2.38 bits per heavy atom. The minimum atomic E-state index is -0.275. The molecule has 0 saturated heterocycles. The third kappa shape index (κ3) is 4.47. The maximum atomic E-state index is 12.6. The van der Waals surface area contributed by atoms with Crippen LogP contribution in [0.1, 0.15) is 51.6 Å². The van der Waals surface area contributed by atoms with Crippen molar-refractivity contribution in [3.8, 4) is 5.75 Å². The number of methoxy groups -OCH3 is 1. The Kier molecular flexibility index (Phi) is 6.32. The molecule has 0 atom stereocenters. The topological polar surface area (TPSA) is 66.9 Å². The number of hydrogen-bond donors (Lipinski definition) is 0. The van der Waals surface area contributed by atoms with Crippen LogP contribution in [0.2, 0.25) is 0 Å². The molecular formula is C23H26N2O4. The zero-order chi connectivity index (χ0) is 21.0. The third-order valence-electron chi connectivity index (χ3n) is 5.17. The van der Waals surface area contributed by atoms with Crippen molar-refractivity contribution in [1.29, 1.82) is 0 Å². The van der Waals surface area contributed by atoms with Crippen molar-refractivity contribution in [3.63, 3.8) is 0 Å². The van der Waals surface area contributed by atoms with Crippen molar-refractivity contribution in [2.75, 3.05) is 20.2 Å². The van der Waals surface area contributed by atoms with Gasteiger partial charge in [0.05, 0.1) is 18.2 Å². The molecule has 152 valence electrons. The van der Waals surface area contributed by atoms with Gasteiger partial charge in [-0.2, -0.15) is 0 Å². The van der Waals surface area contributed by atoms with Gasteiger partial charge in [0.2, 0.25) is 5.91 Å². The van der Waals surface area contributed by atoms with E-state index in [1.807, 2.05) is 44.2 Å². The SMILES string of the molecule is CCN(Cc1ccc(OC)cc1)C(=O)CCCN1C(=O)c2ccc(C)cc2C1=O. The molecule has 0 N–H and O–H groups in total. The van der Waals surface area contributed by atoms with Crippen LogP contribution in [0.25, 0.3) is 0 Å². The van der Waals surface area contributed by atoms with E-state index in [1.165, 1.54) is 4.90 Å². The van der Waals surface area contributed by atoms with Gasteiger partial charge >= 0.3 is 0 Å². The summed E-state index contributed by atoms with van der Waals surface area (Å²) in [5.74, 6) is 0.241. The van der Waals surface area contributed by atoms with Gasteiger partial charge < -0.3 is 9.64 Å². The standard InChI is InChI=1S/C23H26N2O4/c1-4-24(15-17-8-10-18(29-3)11-9-17)21(26)6-5-13-25-22(27)19-12-7-16(2)14-20(19)23(25)28/h7-12,14H,4-6,13,15H2,1-3H3. The first kappa shape index (κ1) is 20.6. The fourth-order valence-electron chi connectivity index (χ4n) is 3.48. The number of hydrogen-bond acceptors (Lipinski definition) is 4. The Hall–Kier alpha value is -3.15. The number of nitrogens with zero attached hydrogens (tertiary/aromatic N) is 2. The second kappa shape index (κ2) is 8.90. The summed E-state index contributed by atoms with van der Waals surface area (Å²) in [6, 6.07) is 12.9. The number of carbonyl (C=O) groups excluding carboxylic acids is 3. The molecule has 6 heteroatoms. The van der Waals surface area contributed by atoms with E-state index in [4.69, 9.17) is 4.74 Å². The van der Waals surface area contributed by atoms with Crippen LogP contribution in [0, 0.1) is 6.92 Å². The fourth-order valence-corrected chi connectivity index (χ4v) is 3.48. The molecule has 0 unspecified atom stereocenters.